The molecule has 302 valence electrons. The van der Waals surface area contributed by atoms with E-state index in [4.69, 9.17) is 29.4 Å². The zero-order chi connectivity index (χ0) is 40.4. The zero-order valence-electron chi connectivity index (χ0n) is 32.8. The number of guanidine groups is 1. The van der Waals surface area contributed by atoms with Crippen molar-refractivity contribution < 1.29 is 41.7 Å². The van der Waals surface area contributed by atoms with Crippen LogP contribution in [0.3, 0.4) is 0 Å². The normalized spacial score (nSPS) is 14.6. The van der Waals surface area contributed by atoms with Gasteiger partial charge in [0.2, 0.25) is 11.9 Å². The van der Waals surface area contributed by atoms with Crippen LogP contribution in [0.5, 0.6) is 11.5 Å². The Morgan fingerprint density at radius 3 is 2.20 bits per heavy atom. The quantitative estimate of drug-likeness (QED) is 0.0559. The van der Waals surface area contributed by atoms with Crippen LogP contribution in [0.15, 0.2) is 19.5 Å². The molecule has 0 bridgehead atoms. The Morgan fingerprint density at radius 1 is 0.963 bits per heavy atom. The summed E-state index contributed by atoms with van der Waals surface area (Å²) in [4.78, 5) is 53.5. The lowest BCUT2D eigenvalue weighted by Gasteiger charge is -2.21. The van der Waals surface area contributed by atoms with Crippen LogP contribution >= 0.6 is 0 Å². The second-order valence-corrected chi connectivity index (χ2v) is 16.1. The molecule has 54 heavy (non-hydrogen) atoms. The van der Waals surface area contributed by atoms with Crippen molar-refractivity contribution >= 4 is 33.7 Å². The molecule has 0 spiro atoms. The number of hydrogen-bond acceptors (Lipinski definition) is 13. The molecule has 0 unspecified atom stereocenters. The molecule has 18 heteroatoms. The van der Waals surface area contributed by atoms with Gasteiger partial charge in [0.15, 0.2) is 5.75 Å². The minimum atomic E-state index is -4.10. The number of nitrogens with zero attached hydrogens (tertiary/aromatic N) is 1. The summed E-state index contributed by atoms with van der Waals surface area (Å²) in [5.41, 5.74) is 6.05. The number of carbonyl (C=O) groups is 2. The third kappa shape index (κ3) is 12.0. The number of nitrogens with two attached hydrogens (primary N) is 1. The van der Waals surface area contributed by atoms with Crippen LogP contribution in [0.2, 0.25) is 0 Å². The number of hydrogen-bond donors (Lipinski definition) is 5. The molecule has 3 rings (SSSR count). The van der Waals surface area contributed by atoms with E-state index in [-0.39, 0.29) is 87.8 Å². The van der Waals surface area contributed by atoms with Crippen molar-refractivity contribution in [2.45, 2.75) is 104 Å². The van der Waals surface area contributed by atoms with Crippen LogP contribution in [0.25, 0.3) is 0 Å². The molecule has 2 aromatic rings. The Labute approximate surface area is 316 Å². The van der Waals surface area contributed by atoms with E-state index in [2.05, 4.69) is 25.7 Å². The Hall–Kier alpha value is -4.42. The molecule has 0 saturated heterocycles. The monoisotopic (exact) mass is 780 g/mol. The predicted molar refractivity (Wildman–Crippen MR) is 204 cm³/mol. The molecule has 2 amide bonds. The molecular formula is C36H56N6O11S. The van der Waals surface area contributed by atoms with Crippen molar-refractivity contribution in [3.63, 3.8) is 0 Å². The van der Waals surface area contributed by atoms with Gasteiger partial charge in [0.05, 0.1) is 37.9 Å². The van der Waals surface area contributed by atoms with E-state index in [0.717, 1.165) is 11.1 Å². The van der Waals surface area contributed by atoms with Gasteiger partial charge in [0, 0.05) is 31.6 Å². The van der Waals surface area contributed by atoms with E-state index in [1.54, 1.807) is 41.5 Å². The van der Waals surface area contributed by atoms with Crippen molar-refractivity contribution in [2.24, 2.45) is 10.7 Å². The van der Waals surface area contributed by atoms with Gasteiger partial charge in [-0.15, -0.1) is 0 Å². The van der Waals surface area contributed by atoms with Crippen molar-refractivity contribution in [3.8, 4) is 11.5 Å². The molecule has 6 N–H and O–H groups in total. The fourth-order valence-corrected chi connectivity index (χ4v) is 7.35. The highest BCUT2D eigenvalue weighted by molar-refractivity contribution is 7.90. The molecule has 0 aromatic heterocycles. The van der Waals surface area contributed by atoms with E-state index in [1.807, 2.05) is 20.8 Å². The first-order chi connectivity index (χ1) is 25.2. The van der Waals surface area contributed by atoms with E-state index < -0.39 is 50.1 Å². The lowest BCUT2D eigenvalue weighted by Crippen LogP contribution is -2.45. The van der Waals surface area contributed by atoms with Gasteiger partial charge in [0.1, 0.15) is 28.7 Å². The van der Waals surface area contributed by atoms with Gasteiger partial charge in [0.25, 0.3) is 20.9 Å². The zero-order valence-corrected chi connectivity index (χ0v) is 33.6. The number of carbonyl (C=O) groups excluding carboxylic acids is 2. The van der Waals surface area contributed by atoms with Gasteiger partial charge in [-0.2, -0.15) is 0 Å². The number of rotatable bonds is 20. The molecule has 0 radical (unpaired) electrons. The fraction of sp³-hybridized carbons (Fsp3) is 0.639. The molecule has 0 saturated carbocycles. The molecule has 2 aromatic carbocycles. The summed E-state index contributed by atoms with van der Waals surface area (Å²) in [7, 11) is -4.10. The smallest absolute Gasteiger partial charge is 0.407 e. The van der Waals surface area contributed by atoms with E-state index >= 15 is 0 Å². The number of fused-ring (bicyclic) bond motifs is 1. The highest BCUT2D eigenvalue weighted by Gasteiger charge is 2.37. The first kappa shape index (κ1) is 44.0. The van der Waals surface area contributed by atoms with Crippen LogP contribution < -0.4 is 46.7 Å². The van der Waals surface area contributed by atoms with Gasteiger partial charge in [-0.3, -0.25) is 19.4 Å². The van der Waals surface area contributed by atoms with E-state index in [0.29, 0.717) is 23.3 Å². The summed E-state index contributed by atoms with van der Waals surface area (Å²) in [5.74, 6) is -0.218. The number of alkyl carbamates (subject to hydrolysis) is 1. The average molecular weight is 781 g/mol. The molecule has 1 aliphatic heterocycles. The van der Waals surface area contributed by atoms with Crippen molar-refractivity contribution in [3.05, 3.63) is 42.7 Å². The number of sulfonamides is 1. The summed E-state index contributed by atoms with van der Waals surface area (Å²) in [6.07, 6.45) is 0.429. The molecule has 0 aliphatic carbocycles. The van der Waals surface area contributed by atoms with Crippen molar-refractivity contribution in [1.82, 2.24) is 15.4 Å². The first-order valence-electron chi connectivity index (χ1n) is 18.0. The number of aliphatic imine (C=N–C) groups is 1. The summed E-state index contributed by atoms with van der Waals surface area (Å²) >= 11 is 0. The van der Waals surface area contributed by atoms with E-state index in [9.17, 15) is 27.6 Å². The molecule has 1 atom stereocenters. The lowest BCUT2D eigenvalue weighted by molar-refractivity contribution is -0.122. The number of ether oxygens (including phenoxy) is 5. The van der Waals surface area contributed by atoms with Crippen LogP contribution in [0, 0.1) is 20.8 Å². The maximum Gasteiger partial charge on any atom is 0.407 e. The van der Waals surface area contributed by atoms with Gasteiger partial charge in [-0.25, -0.2) is 17.9 Å². The largest absolute Gasteiger partial charge is 0.488 e. The molecule has 0 fully saturated rings. The Morgan fingerprint density at radius 2 is 1.59 bits per heavy atom. The highest BCUT2D eigenvalue weighted by atomic mass is 32.2. The Balaban J connectivity index is 1.53. The van der Waals surface area contributed by atoms with Crippen LogP contribution in [0.1, 0.15) is 76.6 Å². The SMILES string of the molecule is CCOc1c(N[C@@H](CCCN=C(N)NS(=O)(=O)c2c(C)c(C)c3c(c2C)CC(C)(C)O3)C(=O)NCCOCCOCCNC(=O)OC(C)(C)C)c(=O)c1=O. The third-order valence-corrected chi connectivity index (χ3v) is 9.98. The second kappa shape index (κ2) is 18.8. The minimum absolute atomic E-state index is 0.0453. The first-order valence-corrected chi connectivity index (χ1v) is 19.4. The molecule has 17 nitrogen and oxygen atoms in total. The standard InChI is InChI=1S/C36H56N6O11S/c1-10-51-30-26(27(43)28(30)44)41-25(32(45)38-14-16-49-18-19-50-17-15-40-34(46)53-35(5,6)7)12-11-13-39-33(37)42-54(47,48)31-22(3)21(2)29-24(23(31)4)20-36(8,9)52-29/h25,41H,10-20H2,1-9H3,(H,38,45)(H,40,46)(H3,37,39,42)/t25-/m0/s1. The number of nitrogens with one attached hydrogen (secondary N) is 4. The maximum absolute atomic E-state index is 13.5. The maximum atomic E-state index is 13.5. The summed E-state index contributed by atoms with van der Waals surface area (Å²) in [6, 6.07) is -0.965. The highest BCUT2D eigenvalue weighted by Crippen LogP contribution is 2.43. The molecule has 1 aliphatic rings. The predicted octanol–water partition coefficient (Wildman–Crippen LogP) is 1.85. The minimum Gasteiger partial charge on any atom is -0.488 e. The van der Waals surface area contributed by atoms with Crippen LogP contribution in [-0.2, 0) is 35.4 Å². The average Bonchev–Trinajstić information content (AvgIpc) is 3.41. The van der Waals surface area contributed by atoms with Crippen molar-refractivity contribution in [2.75, 3.05) is 58.0 Å². The Bertz CT molecular complexity index is 1860. The third-order valence-electron chi connectivity index (χ3n) is 8.36. The van der Waals surface area contributed by atoms with Gasteiger partial charge in [-0.1, -0.05) is 0 Å². The lowest BCUT2D eigenvalue weighted by atomic mass is 9.94. The van der Waals surface area contributed by atoms with Gasteiger partial charge >= 0.3 is 6.09 Å². The number of amides is 2. The van der Waals surface area contributed by atoms with Gasteiger partial charge < -0.3 is 45.4 Å². The van der Waals surface area contributed by atoms with Gasteiger partial charge in [-0.05, 0) is 91.8 Å². The van der Waals surface area contributed by atoms with E-state index in [1.165, 1.54) is 0 Å². The van der Waals surface area contributed by atoms with Crippen LogP contribution in [0.4, 0.5) is 10.5 Å². The second-order valence-electron chi connectivity index (χ2n) is 14.5. The Kier molecular flexibility index (Phi) is 15.3. The molecular weight excluding hydrogens is 724 g/mol. The summed E-state index contributed by atoms with van der Waals surface area (Å²) in [5, 5.41) is 8.16. The van der Waals surface area contributed by atoms with Crippen LogP contribution in [-0.4, -0.2) is 96.3 Å². The summed E-state index contributed by atoms with van der Waals surface area (Å²) in [6.45, 7) is 17.7. The summed E-state index contributed by atoms with van der Waals surface area (Å²) < 4.78 is 56.9. The van der Waals surface area contributed by atoms with Crippen molar-refractivity contribution in [1.29, 1.82) is 0 Å². The molecule has 1 heterocycles. The number of benzene rings is 1. The topological polar surface area (TPSA) is 235 Å². The number of anilines is 1. The fourth-order valence-electron chi connectivity index (χ4n) is 5.82.